The molecule has 0 saturated heterocycles. The lowest BCUT2D eigenvalue weighted by molar-refractivity contribution is 0.0944. The number of aromatic nitrogens is 4. The minimum absolute atomic E-state index is 0.0305. The second kappa shape index (κ2) is 5.29. The van der Waals surface area contributed by atoms with E-state index in [9.17, 15) is 4.79 Å². The van der Waals surface area contributed by atoms with Gasteiger partial charge in [-0.05, 0) is 30.5 Å². The first-order valence-corrected chi connectivity index (χ1v) is 7.51. The van der Waals surface area contributed by atoms with E-state index in [1.54, 1.807) is 6.20 Å². The van der Waals surface area contributed by atoms with Crippen LogP contribution in [0.15, 0.2) is 36.8 Å². The minimum Gasteiger partial charge on any atom is -0.352 e. The molecule has 4 rings (SSSR count). The van der Waals surface area contributed by atoms with Crippen molar-refractivity contribution in [3.63, 3.8) is 0 Å². The molecule has 6 heteroatoms. The van der Waals surface area contributed by atoms with Gasteiger partial charge in [-0.15, -0.1) is 0 Å². The number of nitrogens with zero attached hydrogens (tertiary/aromatic N) is 3. The number of aromatic amines is 1. The van der Waals surface area contributed by atoms with E-state index < -0.39 is 0 Å². The fourth-order valence-electron chi connectivity index (χ4n) is 3.01. The Hall–Kier alpha value is -2.63. The van der Waals surface area contributed by atoms with Crippen LogP contribution in [0.4, 0.5) is 0 Å². The molecule has 1 aliphatic rings. The summed E-state index contributed by atoms with van der Waals surface area (Å²) in [7, 11) is 0. The van der Waals surface area contributed by atoms with Gasteiger partial charge in [0.1, 0.15) is 5.82 Å². The highest BCUT2D eigenvalue weighted by Crippen LogP contribution is 2.18. The van der Waals surface area contributed by atoms with Gasteiger partial charge in [-0.3, -0.25) is 9.89 Å². The average molecular weight is 295 g/mol. The van der Waals surface area contributed by atoms with Crippen LogP contribution < -0.4 is 5.32 Å². The van der Waals surface area contributed by atoms with Crippen molar-refractivity contribution in [2.24, 2.45) is 5.92 Å². The Morgan fingerprint density at radius 3 is 3.36 bits per heavy atom. The van der Waals surface area contributed by atoms with E-state index in [1.807, 2.05) is 30.6 Å². The summed E-state index contributed by atoms with van der Waals surface area (Å²) >= 11 is 0. The normalized spacial score (nSPS) is 17.4. The van der Waals surface area contributed by atoms with E-state index in [-0.39, 0.29) is 5.91 Å². The van der Waals surface area contributed by atoms with Gasteiger partial charge in [0.05, 0.1) is 11.7 Å². The lowest BCUT2D eigenvalue weighted by atomic mass is 9.97. The topological polar surface area (TPSA) is 75.6 Å². The molecule has 0 unspecified atom stereocenters. The van der Waals surface area contributed by atoms with Crippen molar-refractivity contribution in [1.82, 2.24) is 25.1 Å². The number of benzene rings is 1. The summed E-state index contributed by atoms with van der Waals surface area (Å²) in [6.45, 7) is 1.67. The van der Waals surface area contributed by atoms with Crippen LogP contribution in [0.1, 0.15) is 22.6 Å². The average Bonchev–Trinajstić information content (AvgIpc) is 3.19. The molecule has 0 radical (unpaired) electrons. The van der Waals surface area contributed by atoms with Crippen LogP contribution in [0.3, 0.4) is 0 Å². The summed E-state index contributed by atoms with van der Waals surface area (Å²) in [5.41, 5.74) is 1.61. The molecule has 1 aromatic carbocycles. The monoisotopic (exact) mass is 295 g/mol. The number of amides is 1. The van der Waals surface area contributed by atoms with E-state index in [1.165, 1.54) is 0 Å². The Labute approximate surface area is 127 Å². The van der Waals surface area contributed by atoms with Gasteiger partial charge in [-0.25, -0.2) is 4.98 Å². The molecule has 22 heavy (non-hydrogen) atoms. The fraction of sp³-hybridized carbons (Fsp3) is 0.312. The first-order valence-electron chi connectivity index (χ1n) is 7.51. The number of nitrogens with one attached hydrogen (secondary N) is 2. The number of H-pyrrole nitrogens is 1. The van der Waals surface area contributed by atoms with Crippen LogP contribution in [0.2, 0.25) is 0 Å². The molecule has 2 aromatic heterocycles. The Balaban J connectivity index is 1.40. The van der Waals surface area contributed by atoms with Crippen molar-refractivity contribution >= 4 is 16.8 Å². The number of aryl methyl sites for hydroxylation is 1. The number of carbonyl (C=O) groups is 1. The SMILES string of the molecule is O=C(NC[C@@H]1CCn2ccnc2C1)c1ccc2[nH]ncc2c1. The first-order chi connectivity index (χ1) is 10.8. The Morgan fingerprint density at radius 2 is 2.41 bits per heavy atom. The van der Waals surface area contributed by atoms with Crippen LogP contribution in [0, 0.1) is 5.92 Å². The maximum absolute atomic E-state index is 12.3. The maximum Gasteiger partial charge on any atom is 0.251 e. The number of hydrogen-bond donors (Lipinski definition) is 2. The van der Waals surface area contributed by atoms with Crippen molar-refractivity contribution < 1.29 is 4.79 Å². The molecule has 112 valence electrons. The van der Waals surface area contributed by atoms with Gasteiger partial charge in [0, 0.05) is 42.9 Å². The smallest absolute Gasteiger partial charge is 0.251 e. The van der Waals surface area contributed by atoms with Crippen molar-refractivity contribution in [3.05, 3.63) is 48.2 Å². The Morgan fingerprint density at radius 1 is 1.45 bits per heavy atom. The highest BCUT2D eigenvalue weighted by Gasteiger charge is 2.19. The molecular weight excluding hydrogens is 278 g/mol. The van der Waals surface area contributed by atoms with E-state index in [0.29, 0.717) is 18.0 Å². The summed E-state index contributed by atoms with van der Waals surface area (Å²) in [5, 5.41) is 10.8. The van der Waals surface area contributed by atoms with Crippen LogP contribution in [0.25, 0.3) is 10.9 Å². The third kappa shape index (κ3) is 2.36. The molecule has 3 aromatic rings. The van der Waals surface area contributed by atoms with E-state index in [2.05, 4.69) is 25.1 Å². The molecule has 0 spiro atoms. The van der Waals surface area contributed by atoms with Crippen molar-refractivity contribution in [1.29, 1.82) is 0 Å². The van der Waals surface area contributed by atoms with Crippen molar-refractivity contribution in [2.75, 3.05) is 6.54 Å². The summed E-state index contributed by atoms with van der Waals surface area (Å²) in [6, 6.07) is 5.57. The second-order valence-electron chi connectivity index (χ2n) is 5.78. The van der Waals surface area contributed by atoms with E-state index in [0.717, 1.165) is 36.1 Å². The highest BCUT2D eigenvalue weighted by molar-refractivity contribution is 5.97. The Kier molecular flexibility index (Phi) is 3.14. The van der Waals surface area contributed by atoms with Crippen molar-refractivity contribution in [3.8, 4) is 0 Å². The molecule has 2 N–H and O–H groups in total. The van der Waals surface area contributed by atoms with Gasteiger partial charge < -0.3 is 9.88 Å². The van der Waals surface area contributed by atoms with Gasteiger partial charge in [-0.2, -0.15) is 5.10 Å². The number of hydrogen-bond acceptors (Lipinski definition) is 3. The van der Waals surface area contributed by atoms with Gasteiger partial charge in [0.15, 0.2) is 0 Å². The van der Waals surface area contributed by atoms with Crippen LogP contribution in [-0.2, 0) is 13.0 Å². The lowest BCUT2D eigenvalue weighted by Gasteiger charge is -2.23. The molecule has 1 aliphatic heterocycles. The zero-order valence-corrected chi connectivity index (χ0v) is 12.1. The molecule has 6 nitrogen and oxygen atoms in total. The summed E-state index contributed by atoms with van der Waals surface area (Å²) in [6.07, 6.45) is 7.59. The predicted octanol–water partition coefficient (Wildman–Crippen LogP) is 1.75. The zero-order chi connectivity index (χ0) is 14.9. The molecule has 0 saturated carbocycles. The number of fused-ring (bicyclic) bond motifs is 2. The third-order valence-electron chi connectivity index (χ3n) is 4.30. The molecule has 0 fully saturated rings. The molecule has 3 heterocycles. The van der Waals surface area contributed by atoms with E-state index in [4.69, 9.17) is 0 Å². The van der Waals surface area contributed by atoms with Gasteiger partial charge in [0.25, 0.3) is 5.91 Å². The Bertz CT molecular complexity index is 819. The molecular formula is C16H17N5O. The van der Waals surface area contributed by atoms with E-state index >= 15 is 0 Å². The predicted molar refractivity (Wildman–Crippen MR) is 82.5 cm³/mol. The largest absolute Gasteiger partial charge is 0.352 e. The van der Waals surface area contributed by atoms with Crippen molar-refractivity contribution in [2.45, 2.75) is 19.4 Å². The molecule has 1 amide bonds. The summed E-state index contributed by atoms with van der Waals surface area (Å²) in [4.78, 5) is 16.6. The molecule has 0 aliphatic carbocycles. The first kappa shape index (κ1) is 13.1. The van der Waals surface area contributed by atoms with Crippen LogP contribution >= 0.6 is 0 Å². The number of imidazole rings is 1. The van der Waals surface area contributed by atoms with Gasteiger partial charge in [0.2, 0.25) is 0 Å². The summed E-state index contributed by atoms with van der Waals surface area (Å²) in [5.74, 6) is 1.54. The maximum atomic E-state index is 12.3. The van der Waals surface area contributed by atoms with Crippen LogP contribution in [0.5, 0.6) is 0 Å². The fourth-order valence-corrected chi connectivity index (χ4v) is 3.01. The molecule has 0 bridgehead atoms. The van der Waals surface area contributed by atoms with Gasteiger partial charge >= 0.3 is 0 Å². The minimum atomic E-state index is -0.0305. The number of rotatable bonds is 3. The standard InChI is InChI=1S/C16H17N5O/c22-16(12-1-2-14-13(8-12)10-19-20-14)18-9-11-3-5-21-6-4-17-15(21)7-11/h1-2,4,6,8,10-11H,3,5,7,9H2,(H,18,22)(H,19,20)/t11-/m1/s1. The quantitative estimate of drug-likeness (QED) is 0.773. The zero-order valence-electron chi connectivity index (χ0n) is 12.1. The number of carbonyl (C=O) groups excluding carboxylic acids is 1. The van der Waals surface area contributed by atoms with Gasteiger partial charge in [-0.1, -0.05) is 0 Å². The lowest BCUT2D eigenvalue weighted by Crippen LogP contribution is -2.33. The van der Waals surface area contributed by atoms with Crippen LogP contribution in [-0.4, -0.2) is 32.2 Å². The molecule has 1 atom stereocenters. The second-order valence-corrected chi connectivity index (χ2v) is 5.78. The highest BCUT2D eigenvalue weighted by atomic mass is 16.1. The summed E-state index contributed by atoms with van der Waals surface area (Å²) < 4.78 is 2.19. The third-order valence-corrected chi connectivity index (χ3v) is 4.30.